The summed E-state index contributed by atoms with van der Waals surface area (Å²) in [6, 6.07) is 21.6. The maximum absolute atomic E-state index is 13.2. The van der Waals surface area contributed by atoms with Crippen LogP contribution in [0.25, 0.3) is 90.9 Å². The zero-order valence-electron chi connectivity index (χ0n) is 37.8. The lowest BCUT2D eigenvalue weighted by Crippen LogP contribution is -2.04. The summed E-state index contributed by atoms with van der Waals surface area (Å²) < 4.78 is 170. The lowest BCUT2D eigenvalue weighted by molar-refractivity contribution is 0.412. The van der Waals surface area contributed by atoms with Gasteiger partial charge in [0, 0.05) is 90.8 Å². The monoisotopic (exact) mass is 1050 g/mol. The lowest BCUT2D eigenvalue weighted by Gasteiger charge is -2.13. The van der Waals surface area contributed by atoms with Crippen LogP contribution in [0.4, 0.5) is 0 Å². The molecule has 0 amide bonds. The predicted molar refractivity (Wildman–Crippen MR) is 266 cm³/mol. The van der Waals surface area contributed by atoms with Gasteiger partial charge in [-0.15, -0.1) is 0 Å². The zero-order chi connectivity index (χ0) is 51.7. The number of H-pyrrole nitrogens is 2. The van der Waals surface area contributed by atoms with Crippen molar-refractivity contribution >= 4 is 86.8 Å². The molecule has 0 radical (unpaired) electrons. The number of hydrogen-bond donors (Lipinski definition) is 6. The van der Waals surface area contributed by atoms with E-state index in [4.69, 9.17) is 28.9 Å². The number of rotatable bonds is 12. The second kappa shape index (κ2) is 18.2. The van der Waals surface area contributed by atoms with Crippen molar-refractivity contribution in [2.75, 3.05) is 28.4 Å². The molecular formula is C48H38N4O16S4. The number of aromatic amines is 2. The number of aromatic nitrogens is 4. The van der Waals surface area contributed by atoms with Gasteiger partial charge < -0.3 is 28.9 Å². The van der Waals surface area contributed by atoms with Crippen LogP contribution in [0.1, 0.15) is 22.8 Å². The van der Waals surface area contributed by atoms with E-state index in [9.17, 15) is 51.9 Å². The lowest BCUT2D eigenvalue weighted by atomic mass is 10.0. The molecule has 5 heterocycles. The highest BCUT2D eigenvalue weighted by Crippen LogP contribution is 2.44. The van der Waals surface area contributed by atoms with Crippen LogP contribution in [-0.4, -0.2) is 100 Å². The van der Waals surface area contributed by atoms with Crippen molar-refractivity contribution in [3.8, 4) is 67.5 Å². The second-order valence-electron chi connectivity index (χ2n) is 15.9. The SMILES string of the molecule is COc1ccc(-c2c3nc(c(-c4ccc(OC)cc4S(=O)(=O)O)c4ccc([nH]4)c(-c4ccc(OC)cc4S(=O)(=O)O)c4ccc([nH]4)c(-c4ccc(OC)cc4S(=O)(=O)O)c4nc2C=C4)C=C3)c(S(=O)(=O)O)c1. The van der Waals surface area contributed by atoms with Gasteiger partial charge in [0.25, 0.3) is 40.5 Å². The summed E-state index contributed by atoms with van der Waals surface area (Å²) in [5, 5.41) is 0. The Morgan fingerprint density at radius 2 is 0.583 bits per heavy atom. The van der Waals surface area contributed by atoms with Gasteiger partial charge in [-0.2, -0.15) is 33.7 Å². The molecule has 20 nitrogen and oxygen atoms in total. The van der Waals surface area contributed by atoms with E-state index < -0.39 is 60.1 Å². The Kier molecular flexibility index (Phi) is 12.4. The Hall–Kier alpha value is -7.68. The van der Waals surface area contributed by atoms with Crippen LogP contribution in [0.15, 0.2) is 117 Å². The van der Waals surface area contributed by atoms with Crippen LogP contribution in [-0.2, 0) is 40.5 Å². The molecule has 9 rings (SSSR count). The summed E-state index contributed by atoms with van der Waals surface area (Å²) in [4.78, 5) is 13.9. The minimum atomic E-state index is -5.06. The standard InChI is InChI=1S/C48H38N4O16S4/c1-65-25-5-9-29(41(21-25)69(53,54)55)45-33-13-15-35(49-33)46(30-10-6-26(66-2)22-42(30)70(56,57)58)37-17-19-39(51-37)48(32-12-8-28(68-4)24-44(32)72(62,63)64)40-20-18-38(52-40)47(36-16-14-34(45)50-36)31-11-7-27(67-3)23-43(31)71(59,60)61/h5-24,49-50H,1-4H3,(H,53,54,55)(H,56,57,58)(H,59,60,61)(H,62,63,64). The number of hydrogen-bond acceptors (Lipinski definition) is 14. The number of nitrogens with zero attached hydrogens (tertiary/aromatic N) is 2. The first-order chi connectivity index (χ1) is 34.0. The van der Waals surface area contributed by atoms with E-state index in [1.807, 2.05) is 0 Å². The maximum Gasteiger partial charge on any atom is 0.295 e. The van der Waals surface area contributed by atoms with E-state index in [0.717, 1.165) is 24.3 Å². The van der Waals surface area contributed by atoms with E-state index in [2.05, 4.69) is 9.97 Å². The van der Waals surface area contributed by atoms with Crippen molar-refractivity contribution < 1.29 is 70.8 Å². The molecule has 0 aliphatic carbocycles. The molecule has 0 saturated carbocycles. The van der Waals surface area contributed by atoms with E-state index in [0.29, 0.717) is 0 Å². The summed E-state index contributed by atoms with van der Waals surface area (Å²) >= 11 is 0. The normalized spacial score (nSPS) is 12.8. The highest BCUT2D eigenvalue weighted by Gasteiger charge is 2.29. The number of ether oxygens (including phenoxy) is 4. The third-order valence-electron chi connectivity index (χ3n) is 11.7. The smallest absolute Gasteiger partial charge is 0.295 e. The molecule has 2 aliphatic rings. The van der Waals surface area contributed by atoms with Gasteiger partial charge in [0.2, 0.25) is 0 Å². The van der Waals surface area contributed by atoms with Crippen molar-refractivity contribution in [2.24, 2.45) is 0 Å². The predicted octanol–water partition coefficient (Wildman–Crippen LogP) is 8.34. The van der Waals surface area contributed by atoms with Crippen molar-refractivity contribution in [2.45, 2.75) is 19.6 Å². The van der Waals surface area contributed by atoms with Gasteiger partial charge in [-0.05, 0) is 97.1 Å². The van der Waals surface area contributed by atoms with Gasteiger partial charge in [-0.25, -0.2) is 9.97 Å². The van der Waals surface area contributed by atoms with E-state index in [1.165, 1.54) is 126 Å². The van der Waals surface area contributed by atoms with Gasteiger partial charge >= 0.3 is 0 Å². The van der Waals surface area contributed by atoms with Crippen LogP contribution in [0.5, 0.6) is 23.0 Å². The average Bonchev–Trinajstić information content (AvgIpc) is 4.19. The molecule has 4 aromatic carbocycles. The molecule has 24 heteroatoms. The first-order valence-electron chi connectivity index (χ1n) is 20.8. The fourth-order valence-corrected chi connectivity index (χ4v) is 11.4. The highest BCUT2D eigenvalue weighted by molar-refractivity contribution is 7.86. The first kappa shape index (κ1) is 49.3. The molecule has 3 aromatic heterocycles. The molecule has 0 saturated heterocycles. The molecule has 72 heavy (non-hydrogen) atoms. The van der Waals surface area contributed by atoms with Crippen molar-refractivity contribution in [3.63, 3.8) is 0 Å². The Morgan fingerprint density at radius 3 is 0.847 bits per heavy atom. The molecule has 0 atom stereocenters. The summed E-state index contributed by atoms with van der Waals surface area (Å²) in [7, 11) is -15.0. The molecular weight excluding hydrogens is 1020 g/mol. The molecule has 370 valence electrons. The summed E-state index contributed by atoms with van der Waals surface area (Å²) in [6.07, 6.45) is 5.86. The minimum Gasteiger partial charge on any atom is -0.497 e. The molecule has 0 unspecified atom stereocenters. The number of benzene rings is 4. The Balaban J connectivity index is 1.57. The molecule has 6 N–H and O–H groups in total. The van der Waals surface area contributed by atoms with Crippen molar-refractivity contribution in [3.05, 3.63) is 120 Å². The highest BCUT2D eigenvalue weighted by atomic mass is 32.2. The fourth-order valence-electron chi connectivity index (χ4n) is 8.54. The van der Waals surface area contributed by atoms with Crippen molar-refractivity contribution in [1.82, 2.24) is 19.9 Å². The quantitative estimate of drug-likeness (QED) is 0.0626. The third kappa shape index (κ3) is 9.12. The van der Waals surface area contributed by atoms with Gasteiger partial charge in [0.1, 0.15) is 42.6 Å². The van der Waals surface area contributed by atoms with E-state index in [1.54, 1.807) is 0 Å². The van der Waals surface area contributed by atoms with E-state index in [-0.39, 0.29) is 112 Å². The average molecular weight is 1060 g/mol. The molecule has 0 spiro atoms. The number of nitrogens with one attached hydrogen (secondary N) is 2. The van der Waals surface area contributed by atoms with Crippen molar-refractivity contribution in [1.29, 1.82) is 0 Å². The summed E-state index contributed by atoms with van der Waals surface area (Å²) in [6.45, 7) is 0. The minimum absolute atomic E-state index is 0.00179. The first-order valence-corrected chi connectivity index (χ1v) is 26.6. The summed E-state index contributed by atoms with van der Waals surface area (Å²) in [5.74, 6) is 0.220. The van der Waals surface area contributed by atoms with Gasteiger partial charge in [-0.1, -0.05) is 0 Å². The topological polar surface area (TPSA) is 312 Å². The zero-order valence-corrected chi connectivity index (χ0v) is 41.0. The van der Waals surface area contributed by atoms with Crippen LogP contribution in [0.3, 0.4) is 0 Å². The number of methoxy groups -OCH3 is 4. The fraction of sp³-hybridized carbons (Fsp3) is 0.0833. The second-order valence-corrected chi connectivity index (χ2v) is 21.4. The van der Waals surface area contributed by atoms with Gasteiger partial charge in [0.15, 0.2) is 0 Å². The van der Waals surface area contributed by atoms with Crippen LogP contribution >= 0.6 is 0 Å². The molecule has 0 fully saturated rings. The Labute approximate surface area is 410 Å². The van der Waals surface area contributed by atoms with Gasteiger partial charge in [-0.3, -0.25) is 18.2 Å². The van der Waals surface area contributed by atoms with Crippen LogP contribution < -0.4 is 18.9 Å². The number of fused-ring (bicyclic) bond motifs is 8. The molecule has 8 bridgehead atoms. The third-order valence-corrected chi connectivity index (χ3v) is 15.3. The van der Waals surface area contributed by atoms with E-state index >= 15 is 0 Å². The van der Waals surface area contributed by atoms with Gasteiger partial charge in [0.05, 0.1) is 51.2 Å². The van der Waals surface area contributed by atoms with Crippen LogP contribution in [0, 0.1) is 0 Å². The summed E-state index contributed by atoms with van der Waals surface area (Å²) in [5.41, 5.74) is 0.173. The Bertz CT molecular complexity index is 3980. The largest absolute Gasteiger partial charge is 0.497 e. The maximum atomic E-state index is 13.2. The molecule has 2 aliphatic heterocycles. The molecule has 7 aromatic rings. The Morgan fingerprint density at radius 1 is 0.347 bits per heavy atom. The van der Waals surface area contributed by atoms with Crippen LogP contribution in [0.2, 0.25) is 0 Å².